The van der Waals surface area contributed by atoms with E-state index in [1.807, 2.05) is 12.3 Å². The molecular weight excluding hydrogens is 330 g/mol. The third-order valence-electron chi connectivity index (χ3n) is 4.55. The van der Waals surface area contributed by atoms with Crippen molar-refractivity contribution < 1.29 is 9.47 Å². The number of pyridine rings is 1. The number of hydrogen-bond donors (Lipinski definition) is 2. The van der Waals surface area contributed by atoms with Crippen molar-refractivity contribution in [2.24, 2.45) is 10.4 Å². The SMILES string of the molecule is CN=C(NCc1cccnc1N1CCOCC1)NCC(OC)C(C)(C)C. The molecule has 2 heterocycles. The Kier molecular flexibility index (Phi) is 7.66. The van der Waals surface area contributed by atoms with Crippen LogP contribution in [-0.4, -0.2) is 64.1 Å². The van der Waals surface area contributed by atoms with E-state index in [1.54, 1.807) is 14.2 Å². The normalized spacial score (nSPS) is 17.1. The third-order valence-corrected chi connectivity index (χ3v) is 4.55. The Morgan fingerprint density at radius 2 is 2.08 bits per heavy atom. The van der Waals surface area contributed by atoms with Gasteiger partial charge in [0.2, 0.25) is 0 Å². The molecule has 0 saturated carbocycles. The molecule has 7 nitrogen and oxygen atoms in total. The van der Waals surface area contributed by atoms with Gasteiger partial charge in [0.25, 0.3) is 0 Å². The molecular formula is C19H33N5O2. The zero-order chi connectivity index (χ0) is 19.0. The van der Waals surface area contributed by atoms with Crippen LogP contribution in [0.25, 0.3) is 0 Å². The summed E-state index contributed by atoms with van der Waals surface area (Å²) in [7, 11) is 3.53. The van der Waals surface area contributed by atoms with Crippen molar-refractivity contribution in [3.8, 4) is 0 Å². The van der Waals surface area contributed by atoms with Crippen molar-refractivity contribution in [1.82, 2.24) is 15.6 Å². The first-order chi connectivity index (χ1) is 12.5. The number of nitrogens with zero attached hydrogens (tertiary/aromatic N) is 3. The second-order valence-corrected chi connectivity index (χ2v) is 7.48. The number of methoxy groups -OCH3 is 1. The van der Waals surface area contributed by atoms with Crippen LogP contribution in [0.5, 0.6) is 0 Å². The van der Waals surface area contributed by atoms with E-state index in [0.717, 1.165) is 43.6 Å². The summed E-state index contributed by atoms with van der Waals surface area (Å²) in [5, 5.41) is 6.74. The average Bonchev–Trinajstić information content (AvgIpc) is 2.64. The van der Waals surface area contributed by atoms with Crippen molar-refractivity contribution >= 4 is 11.8 Å². The molecule has 0 bridgehead atoms. The summed E-state index contributed by atoms with van der Waals surface area (Å²) in [6, 6.07) is 4.07. The second-order valence-electron chi connectivity index (χ2n) is 7.48. The van der Waals surface area contributed by atoms with Gasteiger partial charge in [0.1, 0.15) is 5.82 Å². The zero-order valence-corrected chi connectivity index (χ0v) is 16.7. The Morgan fingerprint density at radius 1 is 1.35 bits per heavy atom. The molecule has 7 heteroatoms. The van der Waals surface area contributed by atoms with E-state index in [9.17, 15) is 0 Å². The number of aromatic nitrogens is 1. The van der Waals surface area contributed by atoms with E-state index >= 15 is 0 Å². The van der Waals surface area contributed by atoms with Gasteiger partial charge in [0, 0.05) is 52.1 Å². The topological polar surface area (TPSA) is 71.0 Å². The van der Waals surface area contributed by atoms with E-state index in [1.165, 1.54) is 0 Å². The molecule has 1 atom stereocenters. The lowest BCUT2D eigenvalue weighted by Crippen LogP contribution is -2.45. The minimum atomic E-state index is 0.0630. The van der Waals surface area contributed by atoms with E-state index in [2.05, 4.69) is 52.3 Å². The second kappa shape index (κ2) is 9.73. The maximum absolute atomic E-state index is 5.60. The van der Waals surface area contributed by atoms with E-state index in [0.29, 0.717) is 13.1 Å². The summed E-state index contributed by atoms with van der Waals surface area (Å²) >= 11 is 0. The van der Waals surface area contributed by atoms with Crippen molar-refractivity contribution in [3.63, 3.8) is 0 Å². The number of morpholine rings is 1. The molecule has 2 N–H and O–H groups in total. The molecule has 0 amide bonds. The largest absolute Gasteiger partial charge is 0.379 e. The van der Waals surface area contributed by atoms with Gasteiger partial charge in [0.15, 0.2) is 5.96 Å². The van der Waals surface area contributed by atoms with Crippen LogP contribution in [0.1, 0.15) is 26.3 Å². The monoisotopic (exact) mass is 363 g/mol. The number of hydrogen-bond acceptors (Lipinski definition) is 5. The van der Waals surface area contributed by atoms with Gasteiger partial charge in [-0.05, 0) is 11.5 Å². The number of guanidine groups is 1. The summed E-state index contributed by atoms with van der Waals surface area (Å²) < 4.78 is 11.0. The molecule has 26 heavy (non-hydrogen) atoms. The molecule has 0 aromatic carbocycles. The molecule has 1 unspecified atom stereocenters. The first-order valence-corrected chi connectivity index (χ1v) is 9.19. The lowest BCUT2D eigenvalue weighted by Gasteiger charge is -2.30. The van der Waals surface area contributed by atoms with Crippen molar-refractivity contribution in [3.05, 3.63) is 23.9 Å². The van der Waals surface area contributed by atoms with E-state index in [4.69, 9.17) is 9.47 Å². The van der Waals surface area contributed by atoms with Crippen LogP contribution in [-0.2, 0) is 16.0 Å². The summed E-state index contributed by atoms with van der Waals surface area (Å²) in [5.41, 5.74) is 1.21. The Bertz CT molecular complexity index is 580. The number of ether oxygens (including phenoxy) is 2. The Hall–Kier alpha value is -1.86. The smallest absolute Gasteiger partial charge is 0.191 e. The quantitative estimate of drug-likeness (QED) is 0.591. The van der Waals surface area contributed by atoms with Gasteiger partial charge in [-0.15, -0.1) is 0 Å². The van der Waals surface area contributed by atoms with Gasteiger partial charge in [-0.3, -0.25) is 4.99 Å². The van der Waals surface area contributed by atoms with Crippen LogP contribution < -0.4 is 15.5 Å². The summed E-state index contributed by atoms with van der Waals surface area (Å²) in [6.45, 7) is 11.1. The number of nitrogens with one attached hydrogen (secondary N) is 2. The van der Waals surface area contributed by atoms with Crippen LogP contribution in [0.3, 0.4) is 0 Å². The molecule has 1 aromatic heterocycles. The van der Waals surface area contributed by atoms with Crippen LogP contribution >= 0.6 is 0 Å². The fourth-order valence-electron chi connectivity index (χ4n) is 2.96. The molecule has 1 fully saturated rings. The highest BCUT2D eigenvalue weighted by Gasteiger charge is 2.24. The van der Waals surface area contributed by atoms with Gasteiger partial charge in [-0.2, -0.15) is 0 Å². The Balaban J connectivity index is 1.94. The maximum atomic E-state index is 5.60. The Labute approximate surface area is 157 Å². The number of rotatable bonds is 6. The number of aliphatic imine (C=N–C) groups is 1. The van der Waals surface area contributed by atoms with Gasteiger partial charge >= 0.3 is 0 Å². The zero-order valence-electron chi connectivity index (χ0n) is 16.7. The summed E-state index contributed by atoms with van der Waals surface area (Å²) in [4.78, 5) is 11.2. The summed E-state index contributed by atoms with van der Waals surface area (Å²) in [5.74, 6) is 1.77. The van der Waals surface area contributed by atoms with Crippen LogP contribution in [0.4, 0.5) is 5.82 Å². The molecule has 0 aliphatic carbocycles. The lowest BCUT2D eigenvalue weighted by atomic mass is 9.89. The Morgan fingerprint density at radius 3 is 2.69 bits per heavy atom. The van der Waals surface area contributed by atoms with Gasteiger partial charge in [-0.1, -0.05) is 26.8 Å². The highest BCUT2D eigenvalue weighted by molar-refractivity contribution is 5.79. The standard InChI is InChI=1S/C19H33N5O2/c1-19(2,3)16(25-5)14-23-18(20-4)22-13-15-7-6-8-21-17(15)24-9-11-26-12-10-24/h6-8,16H,9-14H2,1-5H3,(H2,20,22,23). The molecule has 1 saturated heterocycles. The minimum Gasteiger partial charge on any atom is -0.379 e. The van der Waals surface area contributed by atoms with Crippen LogP contribution in [0.15, 0.2) is 23.3 Å². The lowest BCUT2D eigenvalue weighted by molar-refractivity contribution is 0.0205. The van der Waals surface area contributed by atoms with Crippen molar-refractivity contribution in [1.29, 1.82) is 0 Å². The first-order valence-electron chi connectivity index (χ1n) is 9.19. The molecule has 0 spiro atoms. The molecule has 0 radical (unpaired) electrons. The minimum absolute atomic E-state index is 0.0630. The molecule has 146 valence electrons. The molecule has 1 aliphatic heterocycles. The fourth-order valence-corrected chi connectivity index (χ4v) is 2.96. The third kappa shape index (κ3) is 5.85. The predicted octanol–water partition coefficient (Wildman–Crippen LogP) is 1.64. The number of anilines is 1. The molecule has 1 aliphatic rings. The first kappa shape index (κ1) is 20.5. The van der Waals surface area contributed by atoms with Crippen LogP contribution in [0, 0.1) is 5.41 Å². The van der Waals surface area contributed by atoms with Gasteiger partial charge in [0.05, 0.1) is 19.3 Å². The maximum Gasteiger partial charge on any atom is 0.191 e. The van der Waals surface area contributed by atoms with Crippen molar-refractivity contribution in [2.75, 3.05) is 51.9 Å². The highest BCUT2D eigenvalue weighted by Crippen LogP contribution is 2.21. The van der Waals surface area contributed by atoms with Crippen LogP contribution in [0.2, 0.25) is 0 Å². The van der Waals surface area contributed by atoms with Gasteiger partial charge in [-0.25, -0.2) is 4.98 Å². The van der Waals surface area contributed by atoms with E-state index < -0.39 is 0 Å². The van der Waals surface area contributed by atoms with E-state index in [-0.39, 0.29) is 11.5 Å². The summed E-state index contributed by atoms with van der Waals surface area (Å²) in [6.07, 6.45) is 1.94. The average molecular weight is 364 g/mol. The highest BCUT2D eigenvalue weighted by atomic mass is 16.5. The molecule has 1 aromatic rings. The molecule has 2 rings (SSSR count). The van der Waals surface area contributed by atoms with Gasteiger partial charge < -0.3 is 25.0 Å². The fraction of sp³-hybridized carbons (Fsp3) is 0.684. The predicted molar refractivity (Wildman–Crippen MR) is 106 cm³/mol. The van der Waals surface area contributed by atoms with Crippen molar-refractivity contribution in [2.45, 2.75) is 33.4 Å².